The molecule has 0 fully saturated rings. The number of carbonyl (C=O) groups excluding carboxylic acids is 1. The lowest BCUT2D eigenvalue weighted by Gasteiger charge is -2.10. The van der Waals surface area contributed by atoms with Crippen molar-refractivity contribution in [3.05, 3.63) is 53.6 Å². The van der Waals surface area contributed by atoms with Crippen LogP contribution in [-0.2, 0) is 4.79 Å². The number of imidazole rings is 1. The second-order valence-corrected chi connectivity index (χ2v) is 6.83. The van der Waals surface area contributed by atoms with Crippen LogP contribution < -0.4 is 5.32 Å². The molecular weight excluding hydrogens is 320 g/mol. The SMILES string of the molecule is Cc1ccc2nc(S[C@H](C)C(=O)Nc3ccc(C#N)cc3)[nH]c2c1. The van der Waals surface area contributed by atoms with Crippen LogP contribution in [0.1, 0.15) is 18.1 Å². The molecule has 120 valence electrons. The Morgan fingerprint density at radius 2 is 2.04 bits per heavy atom. The van der Waals surface area contributed by atoms with Crippen molar-refractivity contribution >= 4 is 34.4 Å². The lowest BCUT2D eigenvalue weighted by Crippen LogP contribution is -2.22. The zero-order chi connectivity index (χ0) is 17.1. The van der Waals surface area contributed by atoms with E-state index >= 15 is 0 Å². The minimum Gasteiger partial charge on any atom is -0.333 e. The normalized spacial score (nSPS) is 11.9. The zero-order valence-electron chi connectivity index (χ0n) is 13.3. The van der Waals surface area contributed by atoms with Crippen molar-refractivity contribution in [2.45, 2.75) is 24.3 Å². The molecule has 6 heteroatoms. The van der Waals surface area contributed by atoms with Crippen molar-refractivity contribution in [3.63, 3.8) is 0 Å². The van der Waals surface area contributed by atoms with Crippen LogP contribution in [-0.4, -0.2) is 21.1 Å². The van der Waals surface area contributed by atoms with Crippen LogP contribution in [0.3, 0.4) is 0 Å². The molecule has 1 atom stereocenters. The van der Waals surface area contributed by atoms with Gasteiger partial charge in [-0.25, -0.2) is 4.98 Å². The molecule has 0 radical (unpaired) electrons. The number of hydrogen-bond donors (Lipinski definition) is 2. The molecule has 24 heavy (non-hydrogen) atoms. The first kappa shape index (κ1) is 16.1. The average Bonchev–Trinajstić information content (AvgIpc) is 2.96. The third kappa shape index (κ3) is 3.58. The third-order valence-electron chi connectivity index (χ3n) is 3.55. The fourth-order valence-electron chi connectivity index (χ4n) is 2.25. The number of rotatable bonds is 4. The summed E-state index contributed by atoms with van der Waals surface area (Å²) in [7, 11) is 0. The largest absolute Gasteiger partial charge is 0.333 e. The average molecular weight is 336 g/mol. The molecule has 1 heterocycles. The summed E-state index contributed by atoms with van der Waals surface area (Å²) in [4.78, 5) is 20.0. The second-order valence-electron chi connectivity index (χ2n) is 5.50. The van der Waals surface area contributed by atoms with Crippen LogP contribution in [0.15, 0.2) is 47.6 Å². The van der Waals surface area contributed by atoms with Gasteiger partial charge in [0.05, 0.1) is 27.9 Å². The Morgan fingerprint density at radius 3 is 2.75 bits per heavy atom. The first-order chi connectivity index (χ1) is 11.5. The van der Waals surface area contributed by atoms with Crippen LogP contribution in [0.2, 0.25) is 0 Å². The van der Waals surface area contributed by atoms with Crippen molar-refractivity contribution in [1.82, 2.24) is 9.97 Å². The van der Waals surface area contributed by atoms with E-state index < -0.39 is 0 Å². The van der Waals surface area contributed by atoms with E-state index in [0.29, 0.717) is 11.3 Å². The minimum absolute atomic E-state index is 0.110. The first-order valence-electron chi connectivity index (χ1n) is 7.49. The number of hydrogen-bond acceptors (Lipinski definition) is 4. The molecule has 0 saturated heterocycles. The van der Waals surface area contributed by atoms with Gasteiger partial charge in [-0.15, -0.1) is 0 Å². The number of aromatic amines is 1. The number of H-pyrrole nitrogens is 1. The number of benzene rings is 2. The number of nitrogens with zero attached hydrogens (tertiary/aromatic N) is 2. The Hall–Kier alpha value is -2.78. The summed E-state index contributed by atoms with van der Waals surface area (Å²) in [6.45, 7) is 3.86. The number of anilines is 1. The topological polar surface area (TPSA) is 81.6 Å². The van der Waals surface area contributed by atoms with Crippen LogP contribution in [0.5, 0.6) is 0 Å². The molecule has 5 nitrogen and oxygen atoms in total. The monoisotopic (exact) mass is 336 g/mol. The van der Waals surface area contributed by atoms with Crippen LogP contribution in [0.4, 0.5) is 5.69 Å². The molecular formula is C18H16N4OS. The highest BCUT2D eigenvalue weighted by atomic mass is 32.2. The Kier molecular flexibility index (Phi) is 4.54. The summed E-state index contributed by atoms with van der Waals surface area (Å²) in [5.74, 6) is -0.110. The summed E-state index contributed by atoms with van der Waals surface area (Å²) >= 11 is 1.38. The third-order valence-corrected chi connectivity index (χ3v) is 4.54. The van der Waals surface area contributed by atoms with Gasteiger partial charge in [0.1, 0.15) is 0 Å². The molecule has 1 aromatic heterocycles. The molecule has 1 amide bonds. The van der Waals surface area contributed by atoms with Crippen LogP contribution >= 0.6 is 11.8 Å². The van der Waals surface area contributed by atoms with Crippen molar-refractivity contribution in [1.29, 1.82) is 5.26 Å². The molecule has 2 N–H and O–H groups in total. The van der Waals surface area contributed by atoms with Gasteiger partial charge in [-0.2, -0.15) is 5.26 Å². The van der Waals surface area contributed by atoms with Crippen LogP contribution in [0.25, 0.3) is 11.0 Å². The van der Waals surface area contributed by atoms with Crippen molar-refractivity contribution in [2.75, 3.05) is 5.32 Å². The molecule has 0 spiro atoms. The van der Waals surface area contributed by atoms with E-state index in [1.54, 1.807) is 24.3 Å². The van der Waals surface area contributed by atoms with Gasteiger partial charge in [0, 0.05) is 5.69 Å². The number of nitriles is 1. The van der Waals surface area contributed by atoms with Gasteiger partial charge < -0.3 is 10.3 Å². The van der Waals surface area contributed by atoms with Gasteiger partial charge in [-0.3, -0.25) is 4.79 Å². The van der Waals surface area contributed by atoms with E-state index in [9.17, 15) is 4.79 Å². The number of aromatic nitrogens is 2. The van der Waals surface area contributed by atoms with E-state index in [-0.39, 0.29) is 11.2 Å². The maximum atomic E-state index is 12.3. The first-order valence-corrected chi connectivity index (χ1v) is 8.37. The maximum absolute atomic E-state index is 12.3. The number of amides is 1. The number of fused-ring (bicyclic) bond motifs is 1. The molecule has 0 bridgehead atoms. The Labute approximate surface area is 144 Å². The van der Waals surface area contributed by atoms with Crippen LogP contribution in [0, 0.1) is 18.3 Å². The lowest BCUT2D eigenvalue weighted by molar-refractivity contribution is -0.115. The van der Waals surface area contributed by atoms with Crippen molar-refractivity contribution in [2.24, 2.45) is 0 Å². The number of aryl methyl sites for hydroxylation is 1. The second kappa shape index (κ2) is 6.77. The van der Waals surface area contributed by atoms with E-state index in [4.69, 9.17) is 5.26 Å². The minimum atomic E-state index is -0.303. The molecule has 0 unspecified atom stereocenters. The van der Waals surface area contributed by atoms with Gasteiger partial charge in [-0.1, -0.05) is 17.8 Å². The smallest absolute Gasteiger partial charge is 0.237 e. The van der Waals surface area contributed by atoms with Crippen molar-refractivity contribution in [3.8, 4) is 6.07 Å². The molecule has 3 rings (SSSR count). The number of nitrogens with one attached hydrogen (secondary N) is 2. The summed E-state index contributed by atoms with van der Waals surface area (Å²) in [5.41, 5.74) is 4.26. The molecule has 2 aromatic carbocycles. The molecule has 0 aliphatic heterocycles. The zero-order valence-corrected chi connectivity index (χ0v) is 14.1. The molecule has 0 aliphatic rings. The molecule has 0 aliphatic carbocycles. The molecule has 3 aromatic rings. The standard InChI is InChI=1S/C18H16N4OS/c1-11-3-8-15-16(9-11)22-18(21-15)24-12(2)17(23)20-14-6-4-13(10-19)5-7-14/h3-9,12H,1-2H3,(H,20,23)(H,21,22)/t12-/m1/s1. The Balaban J connectivity index is 1.67. The van der Waals surface area contributed by atoms with Gasteiger partial charge in [0.25, 0.3) is 0 Å². The number of carbonyl (C=O) groups is 1. The highest BCUT2D eigenvalue weighted by Gasteiger charge is 2.16. The summed E-state index contributed by atoms with van der Waals surface area (Å²) in [5, 5.41) is 12.1. The Bertz CT molecular complexity index is 924. The van der Waals surface area contributed by atoms with Gasteiger partial charge >= 0.3 is 0 Å². The van der Waals surface area contributed by atoms with Gasteiger partial charge in [0.15, 0.2) is 5.16 Å². The predicted octanol–water partition coefficient (Wildman–Crippen LogP) is 3.86. The quantitative estimate of drug-likeness (QED) is 0.709. The highest BCUT2D eigenvalue weighted by Crippen LogP contribution is 2.24. The maximum Gasteiger partial charge on any atom is 0.237 e. The number of thioether (sulfide) groups is 1. The fraction of sp³-hybridized carbons (Fsp3) is 0.167. The van der Waals surface area contributed by atoms with Gasteiger partial charge in [-0.05, 0) is 55.8 Å². The predicted molar refractivity (Wildman–Crippen MR) is 95.9 cm³/mol. The summed E-state index contributed by atoms with van der Waals surface area (Å²) < 4.78 is 0. The van der Waals surface area contributed by atoms with E-state index in [1.807, 2.05) is 32.0 Å². The molecule has 0 saturated carbocycles. The van der Waals surface area contributed by atoms with E-state index in [0.717, 1.165) is 21.8 Å². The van der Waals surface area contributed by atoms with Crippen molar-refractivity contribution < 1.29 is 4.79 Å². The summed E-state index contributed by atoms with van der Waals surface area (Å²) in [6.07, 6.45) is 0. The Morgan fingerprint density at radius 1 is 1.29 bits per heavy atom. The van der Waals surface area contributed by atoms with Gasteiger partial charge in [0.2, 0.25) is 5.91 Å². The van der Waals surface area contributed by atoms with E-state index in [1.165, 1.54) is 11.8 Å². The highest BCUT2D eigenvalue weighted by molar-refractivity contribution is 8.00. The van der Waals surface area contributed by atoms with E-state index in [2.05, 4.69) is 21.4 Å². The fourth-order valence-corrected chi connectivity index (χ4v) is 3.07. The lowest BCUT2D eigenvalue weighted by atomic mass is 10.2. The summed E-state index contributed by atoms with van der Waals surface area (Å²) in [6, 6.07) is 14.9.